The van der Waals surface area contributed by atoms with Crippen LogP contribution in [0, 0.1) is 11.6 Å². The summed E-state index contributed by atoms with van der Waals surface area (Å²) in [5.74, 6) is -1.87. The predicted octanol–water partition coefficient (Wildman–Crippen LogP) is 1.45. The number of carbonyl (C=O) groups excluding carboxylic acids is 1. The van der Waals surface area contributed by atoms with Crippen molar-refractivity contribution in [3.8, 4) is 0 Å². The van der Waals surface area contributed by atoms with Gasteiger partial charge in [0.05, 0.1) is 5.56 Å². The van der Waals surface area contributed by atoms with Gasteiger partial charge in [0.1, 0.15) is 11.6 Å². The van der Waals surface area contributed by atoms with Crippen molar-refractivity contribution in [2.75, 3.05) is 13.1 Å². The summed E-state index contributed by atoms with van der Waals surface area (Å²) < 4.78 is 26.3. The second-order valence-electron chi connectivity index (χ2n) is 4.14. The van der Waals surface area contributed by atoms with Crippen LogP contribution in [-0.2, 0) is 0 Å². The summed E-state index contributed by atoms with van der Waals surface area (Å²) in [6.07, 6.45) is 1.83. The Balaban J connectivity index is 2.05. The average Bonchev–Trinajstić information content (AvgIpc) is 2.33. The van der Waals surface area contributed by atoms with E-state index in [1.807, 2.05) is 0 Å². The highest BCUT2D eigenvalue weighted by Crippen LogP contribution is 2.10. The third-order valence-electron chi connectivity index (χ3n) is 2.81. The van der Waals surface area contributed by atoms with E-state index in [9.17, 15) is 13.6 Å². The van der Waals surface area contributed by atoms with Crippen molar-refractivity contribution >= 4 is 5.91 Å². The van der Waals surface area contributed by atoms with Crippen LogP contribution in [0.2, 0.25) is 0 Å². The van der Waals surface area contributed by atoms with Gasteiger partial charge in [0.2, 0.25) is 0 Å². The minimum Gasteiger partial charge on any atom is -0.348 e. The highest BCUT2D eigenvalue weighted by molar-refractivity contribution is 5.94. The molecular formula is C12H14F2N2O. The minimum absolute atomic E-state index is 0.0149. The largest absolute Gasteiger partial charge is 0.348 e. The topological polar surface area (TPSA) is 41.1 Å². The van der Waals surface area contributed by atoms with Gasteiger partial charge < -0.3 is 10.6 Å². The molecule has 1 aliphatic rings. The van der Waals surface area contributed by atoms with Crippen molar-refractivity contribution in [3.05, 3.63) is 35.4 Å². The van der Waals surface area contributed by atoms with E-state index in [1.54, 1.807) is 0 Å². The van der Waals surface area contributed by atoms with E-state index < -0.39 is 17.5 Å². The van der Waals surface area contributed by atoms with Crippen LogP contribution in [0.15, 0.2) is 18.2 Å². The molecule has 1 saturated heterocycles. The van der Waals surface area contributed by atoms with Crippen molar-refractivity contribution < 1.29 is 13.6 Å². The van der Waals surface area contributed by atoms with Gasteiger partial charge in [-0.15, -0.1) is 0 Å². The number of hydrogen-bond acceptors (Lipinski definition) is 2. The number of carbonyl (C=O) groups is 1. The van der Waals surface area contributed by atoms with Crippen molar-refractivity contribution in [2.24, 2.45) is 0 Å². The summed E-state index contributed by atoms with van der Waals surface area (Å²) in [5, 5.41) is 5.83. The molecule has 1 aliphatic heterocycles. The number of rotatable bonds is 2. The van der Waals surface area contributed by atoms with Crippen molar-refractivity contribution in [1.29, 1.82) is 0 Å². The monoisotopic (exact) mass is 240 g/mol. The van der Waals surface area contributed by atoms with Gasteiger partial charge in [-0.25, -0.2) is 8.78 Å². The molecule has 2 N–H and O–H groups in total. The molecule has 2 rings (SSSR count). The molecule has 0 saturated carbocycles. The van der Waals surface area contributed by atoms with E-state index in [-0.39, 0.29) is 11.6 Å². The normalized spacial score (nSPS) is 20.0. The highest BCUT2D eigenvalue weighted by atomic mass is 19.1. The van der Waals surface area contributed by atoms with E-state index in [1.165, 1.54) is 0 Å². The Morgan fingerprint density at radius 2 is 2.24 bits per heavy atom. The van der Waals surface area contributed by atoms with Crippen LogP contribution >= 0.6 is 0 Å². The number of piperidine rings is 1. The molecule has 0 radical (unpaired) electrons. The number of halogens is 2. The fraction of sp³-hybridized carbons (Fsp3) is 0.417. The molecule has 0 unspecified atom stereocenters. The third-order valence-corrected chi connectivity index (χ3v) is 2.81. The summed E-state index contributed by atoms with van der Waals surface area (Å²) in [6, 6.07) is 2.86. The van der Waals surface area contributed by atoms with Gasteiger partial charge in [0.15, 0.2) is 0 Å². The maximum atomic E-state index is 13.3. The van der Waals surface area contributed by atoms with Crippen LogP contribution in [0.1, 0.15) is 23.2 Å². The number of amides is 1. The zero-order valence-corrected chi connectivity index (χ0v) is 9.30. The SMILES string of the molecule is O=C(N[C@@H]1CCCNC1)c1cc(F)ccc1F. The van der Waals surface area contributed by atoms with Gasteiger partial charge in [0.25, 0.3) is 5.91 Å². The Morgan fingerprint density at radius 1 is 1.41 bits per heavy atom. The molecule has 0 aliphatic carbocycles. The molecule has 1 aromatic carbocycles. The molecule has 1 atom stereocenters. The lowest BCUT2D eigenvalue weighted by atomic mass is 10.1. The Morgan fingerprint density at radius 3 is 2.94 bits per heavy atom. The van der Waals surface area contributed by atoms with Gasteiger partial charge in [-0.1, -0.05) is 0 Å². The summed E-state index contributed by atoms with van der Waals surface area (Å²) in [5.41, 5.74) is -0.240. The molecule has 92 valence electrons. The first-order valence-corrected chi connectivity index (χ1v) is 5.63. The first-order chi connectivity index (χ1) is 8.16. The molecule has 1 heterocycles. The lowest BCUT2D eigenvalue weighted by Crippen LogP contribution is -2.45. The molecule has 1 aromatic rings. The second kappa shape index (κ2) is 5.23. The standard InChI is InChI=1S/C12H14F2N2O/c13-8-3-4-11(14)10(6-8)12(17)16-9-2-1-5-15-7-9/h3-4,6,9,15H,1-2,5,7H2,(H,16,17)/t9-/m1/s1. The van der Waals surface area contributed by atoms with Crippen LogP contribution < -0.4 is 10.6 Å². The summed E-state index contributed by atoms with van der Waals surface area (Å²) in [4.78, 5) is 11.7. The van der Waals surface area contributed by atoms with E-state index in [0.717, 1.165) is 37.6 Å². The fourth-order valence-corrected chi connectivity index (χ4v) is 1.91. The van der Waals surface area contributed by atoms with Gasteiger partial charge in [0, 0.05) is 12.6 Å². The van der Waals surface area contributed by atoms with Gasteiger partial charge in [-0.05, 0) is 37.6 Å². The zero-order valence-electron chi connectivity index (χ0n) is 9.30. The van der Waals surface area contributed by atoms with Crippen LogP contribution in [0.3, 0.4) is 0 Å². The summed E-state index contributed by atoms with van der Waals surface area (Å²) >= 11 is 0. The molecule has 1 fully saturated rings. The molecule has 0 spiro atoms. The molecule has 3 nitrogen and oxygen atoms in total. The highest BCUT2D eigenvalue weighted by Gasteiger charge is 2.18. The molecular weight excluding hydrogens is 226 g/mol. The van der Waals surface area contributed by atoms with Gasteiger partial charge >= 0.3 is 0 Å². The van der Waals surface area contributed by atoms with Crippen molar-refractivity contribution in [1.82, 2.24) is 10.6 Å². The maximum Gasteiger partial charge on any atom is 0.254 e. The molecule has 5 heteroatoms. The van der Waals surface area contributed by atoms with E-state index in [0.29, 0.717) is 6.54 Å². The molecule has 0 aromatic heterocycles. The minimum atomic E-state index is -0.701. The zero-order chi connectivity index (χ0) is 12.3. The van der Waals surface area contributed by atoms with Crippen LogP contribution in [-0.4, -0.2) is 25.0 Å². The second-order valence-corrected chi connectivity index (χ2v) is 4.14. The van der Waals surface area contributed by atoms with Crippen LogP contribution in [0.5, 0.6) is 0 Å². The maximum absolute atomic E-state index is 13.3. The number of benzene rings is 1. The van der Waals surface area contributed by atoms with E-state index in [2.05, 4.69) is 10.6 Å². The van der Waals surface area contributed by atoms with Crippen LogP contribution in [0.25, 0.3) is 0 Å². The summed E-state index contributed by atoms with van der Waals surface area (Å²) in [7, 11) is 0. The first-order valence-electron chi connectivity index (χ1n) is 5.63. The lowest BCUT2D eigenvalue weighted by Gasteiger charge is -2.23. The Kier molecular flexibility index (Phi) is 3.68. The lowest BCUT2D eigenvalue weighted by molar-refractivity contribution is 0.0926. The first kappa shape index (κ1) is 12.0. The quantitative estimate of drug-likeness (QED) is 0.821. The Labute approximate surface area is 98.2 Å². The summed E-state index contributed by atoms with van der Waals surface area (Å²) in [6.45, 7) is 1.60. The molecule has 17 heavy (non-hydrogen) atoms. The number of nitrogens with one attached hydrogen (secondary N) is 2. The van der Waals surface area contributed by atoms with Crippen molar-refractivity contribution in [2.45, 2.75) is 18.9 Å². The van der Waals surface area contributed by atoms with E-state index in [4.69, 9.17) is 0 Å². The van der Waals surface area contributed by atoms with Gasteiger partial charge in [-0.3, -0.25) is 4.79 Å². The van der Waals surface area contributed by atoms with Crippen LogP contribution in [0.4, 0.5) is 8.78 Å². The predicted molar refractivity (Wildman–Crippen MR) is 59.7 cm³/mol. The molecule has 1 amide bonds. The van der Waals surface area contributed by atoms with Gasteiger partial charge in [-0.2, -0.15) is 0 Å². The third kappa shape index (κ3) is 3.00. The van der Waals surface area contributed by atoms with E-state index >= 15 is 0 Å². The molecule has 0 bridgehead atoms. The van der Waals surface area contributed by atoms with Crippen molar-refractivity contribution in [3.63, 3.8) is 0 Å². The Hall–Kier alpha value is -1.49. The Bertz CT molecular complexity index is 417. The number of hydrogen-bond donors (Lipinski definition) is 2. The smallest absolute Gasteiger partial charge is 0.254 e. The fourth-order valence-electron chi connectivity index (χ4n) is 1.91. The average molecular weight is 240 g/mol.